The molecule has 3 rings (SSSR count). The number of rotatable bonds is 4. The number of fused-ring (bicyclic) bond motifs is 1. The number of hydrogen-bond donors (Lipinski definition) is 1. The maximum atomic E-state index is 12.4. The Morgan fingerprint density at radius 1 is 1.14 bits per heavy atom. The molecule has 2 aliphatic rings. The molecule has 116 valence electrons. The summed E-state index contributed by atoms with van der Waals surface area (Å²) in [5.41, 5.74) is 4.84. The highest BCUT2D eigenvalue weighted by Crippen LogP contribution is 2.52. The van der Waals surface area contributed by atoms with E-state index in [0.29, 0.717) is 11.8 Å². The van der Waals surface area contributed by atoms with Gasteiger partial charge in [0.15, 0.2) is 0 Å². The van der Waals surface area contributed by atoms with E-state index in [9.17, 15) is 4.79 Å². The fourth-order valence-corrected chi connectivity index (χ4v) is 3.61. The van der Waals surface area contributed by atoms with Crippen LogP contribution in [-0.2, 0) is 4.79 Å². The molecule has 1 aromatic carbocycles. The lowest BCUT2D eigenvalue weighted by molar-refractivity contribution is -0.122. The third-order valence-electron chi connectivity index (χ3n) is 4.88. The predicted molar refractivity (Wildman–Crippen MR) is 89.5 cm³/mol. The van der Waals surface area contributed by atoms with Crippen molar-refractivity contribution in [1.29, 1.82) is 0 Å². The summed E-state index contributed by atoms with van der Waals surface area (Å²) in [5.74, 6) is 1.43. The summed E-state index contributed by atoms with van der Waals surface area (Å²) in [6.07, 6.45) is 9.83. The first-order valence-corrected chi connectivity index (χ1v) is 8.38. The summed E-state index contributed by atoms with van der Waals surface area (Å²) >= 11 is 0. The van der Waals surface area contributed by atoms with Gasteiger partial charge in [0, 0.05) is 5.92 Å². The van der Waals surface area contributed by atoms with Gasteiger partial charge >= 0.3 is 0 Å². The number of allylic oxidation sites excluding steroid dienone is 2. The molecule has 3 nitrogen and oxygen atoms in total. The zero-order valence-corrected chi connectivity index (χ0v) is 13.2. The van der Waals surface area contributed by atoms with Gasteiger partial charge in [-0.3, -0.25) is 4.79 Å². The van der Waals surface area contributed by atoms with Gasteiger partial charge in [0.25, 0.3) is 0 Å². The standard InChI is InChI=1S/C19H24N2O/c1-2-17(14-10-6-5-7-11-14)20-21-19(22)18-15-12-8-3-4-9-13-16(15)18/h3-7,10-11,15-16,18H,2,8-9,12-13H2,1H3,(H,21,22)/b4-3?,20-17-/t15-,16-/m1/s1. The first-order chi connectivity index (χ1) is 10.8. The highest BCUT2D eigenvalue weighted by atomic mass is 16.2. The maximum Gasteiger partial charge on any atom is 0.243 e. The fraction of sp³-hybridized carbons (Fsp3) is 0.474. The van der Waals surface area contributed by atoms with E-state index < -0.39 is 0 Å². The Balaban J connectivity index is 1.61. The zero-order chi connectivity index (χ0) is 15.4. The first kappa shape index (κ1) is 15.0. The highest BCUT2D eigenvalue weighted by Gasteiger charge is 2.53. The van der Waals surface area contributed by atoms with Crippen LogP contribution >= 0.6 is 0 Å². The van der Waals surface area contributed by atoms with Gasteiger partial charge in [0.1, 0.15) is 0 Å². The molecule has 0 spiro atoms. The molecule has 1 N–H and O–H groups in total. The van der Waals surface area contributed by atoms with Crippen LogP contribution in [-0.4, -0.2) is 11.6 Å². The van der Waals surface area contributed by atoms with Crippen LogP contribution in [0.4, 0.5) is 0 Å². The number of amides is 1. The molecular formula is C19H24N2O. The number of benzene rings is 1. The molecule has 0 bridgehead atoms. The molecule has 0 aromatic heterocycles. The Hall–Kier alpha value is -1.90. The Bertz CT molecular complexity index is 560. The van der Waals surface area contributed by atoms with Crippen LogP contribution in [0.2, 0.25) is 0 Å². The molecule has 1 saturated carbocycles. The van der Waals surface area contributed by atoms with Crippen molar-refractivity contribution in [3.05, 3.63) is 48.0 Å². The van der Waals surface area contributed by atoms with Gasteiger partial charge in [-0.25, -0.2) is 5.43 Å². The maximum absolute atomic E-state index is 12.4. The third-order valence-corrected chi connectivity index (χ3v) is 4.88. The number of hydrogen-bond acceptors (Lipinski definition) is 2. The van der Waals surface area contributed by atoms with E-state index in [-0.39, 0.29) is 11.8 Å². The van der Waals surface area contributed by atoms with Crippen molar-refractivity contribution in [2.24, 2.45) is 22.9 Å². The Kier molecular flexibility index (Phi) is 4.71. The van der Waals surface area contributed by atoms with Crippen LogP contribution in [0, 0.1) is 17.8 Å². The molecule has 3 heteroatoms. The van der Waals surface area contributed by atoms with Gasteiger partial charge in [0.2, 0.25) is 5.91 Å². The van der Waals surface area contributed by atoms with Gasteiger partial charge < -0.3 is 0 Å². The van der Waals surface area contributed by atoms with Gasteiger partial charge in [-0.2, -0.15) is 5.10 Å². The average Bonchev–Trinajstić information content (AvgIpc) is 3.20. The van der Waals surface area contributed by atoms with Crippen molar-refractivity contribution in [2.75, 3.05) is 0 Å². The van der Waals surface area contributed by atoms with Crippen molar-refractivity contribution in [3.8, 4) is 0 Å². The van der Waals surface area contributed by atoms with Crippen molar-refractivity contribution in [1.82, 2.24) is 5.43 Å². The van der Waals surface area contributed by atoms with Gasteiger partial charge in [-0.1, -0.05) is 49.4 Å². The zero-order valence-electron chi connectivity index (χ0n) is 13.2. The number of hydrazone groups is 1. The molecular weight excluding hydrogens is 272 g/mol. The van der Waals surface area contributed by atoms with Crippen molar-refractivity contribution in [3.63, 3.8) is 0 Å². The molecule has 1 fully saturated rings. The summed E-state index contributed by atoms with van der Waals surface area (Å²) < 4.78 is 0. The predicted octanol–water partition coefficient (Wildman–Crippen LogP) is 3.91. The van der Waals surface area contributed by atoms with Crippen molar-refractivity contribution in [2.45, 2.75) is 39.0 Å². The monoisotopic (exact) mass is 296 g/mol. The average molecular weight is 296 g/mol. The second kappa shape index (κ2) is 6.91. The summed E-state index contributed by atoms with van der Waals surface area (Å²) in [7, 11) is 0. The minimum atomic E-state index is 0.110. The normalized spacial score (nSPS) is 27.5. The number of nitrogens with one attached hydrogen (secondary N) is 1. The molecule has 2 aliphatic carbocycles. The number of carbonyl (C=O) groups excluding carboxylic acids is 1. The SMILES string of the molecule is CC/C(=N/NC(=O)C1[C@@H]2CCC=CCC[C@@H]12)c1ccccc1. The van der Waals surface area contributed by atoms with Gasteiger partial charge in [-0.15, -0.1) is 0 Å². The molecule has 0 aliphatic heterocycles. The van der Waals surface area contributed by atoms with E-state index in [2.05, 4.69) is 29.6 Å². The lowest BCUT2D eigenvalue weighted by Gasteiger charge is -2.05. The van der Waals surface area contributed by atoms with Crippen LogP contribution in [0.5, 0.6) is 0 Å². The Labute approximate surface area is 132 Å². The molecule has 1 aromatic rings. The van der Waals surface area contributed by atoms with E-state index in [4.69, 9.17) is 0 Å². The minimum Gasteiger partial charge on any atom is -0.273 e. The van der Waals surface area contributed by atoms with E-state index >= 15 is 0 Å². The van der Waals surface area contributed by atoms with Crippen LogP contribution in [0.1, 0.15) is 44.6 Å². The van der Waals surface area contributed by atoms with E-state index in [1.165, 1.54) is 0 Å². The fourth-order valence-electron chi connectivity index (χ4n) is 3.61. The first-order valence-electron chi connectivity index (χ1n) is 8.38. The van der Waals surface area contributed by atoms with E-state index in [0.717, 1.165) is 43.4 Å². The van der Waals surface area contributed by atoms with Crippen LogP contribution in [0.3, 0.4) is 0 Å². The smallest absolute Gasteiger partial charge is 0.243 e. The van der Waals surface area contributed by atoms with Crippen molar-refractivity contribution >= 4 is 11.6 Å². The van der Waals surface area contributed by atoms with Crippen molar-refractivity contribution < 1.29 is 4.79 Å². The van der Waals surface area contributed by atoms with Crippen LogP contribution in [0.15, 0.2) is 47.6 Å². The van der Waals surface area contributed by atoms with E-state index in [1.54, 1.807) is 0 Å². The molecule has 22 heavy (non-hydrogen) atoms. The molecule has 1 amide bonds. The minimum absolute atomic E-state index is 0.110. The van der Waals surface area contributed by atoms with Crippen LogP contribution in [0.25, 0.3) is 0 Å². The topological polar surface area (TPSA) is 41.5 Å². The Morgan fingerprint density at radius 3 is 2.36 bits per heavy atom. The summed E-state index contributed by atoms with van der Waals surface area (Å²) in [5, 5.41) is 4.38. The number of carbonyl (C=O) groups is 1. The summed E-state index contributed by atoms with van der Waals surface area (Å²) in [4.78, 5) is 12.4. The summed E-state index contributed by atoms with van der Waals surface area (Å²) in [6.45, 7) is 2.06. The molecule has 0 saturated heterocycles. The third kappa shape index (κ3) is 3.29. The molecule has 0 heterocycles. The molecule has 0 radical (unpaired) electrons. The molecule has 2 atom stereocenters. The van der Waals surface area contributed by atoms with Gasteiger partial charge in [0.05, 0.1) is 5.71 Å². The quantitative estimate of drug-likeness (QED) is 0.511. The number of nitrogens with zero attached hydrogens (tertiary/aromatic N) is 1. The molecule has 0 unspecified atom stereocenters. The second-order valence-electron chi connectivity index (χ2n) is 6.23. The van der Waals surface area contributed by atoms with Gasteiger partial charge in [-0.05, 0) is 49.5 Å². The lowest BCUT2D eigenvalue weighted by Crippen LogP contribution is -2.23. The lowest BCUT2D eigenvalue weighted by atomic mass is 10.1. The van der Waals surface area contributed by atoms with Crippen LogP contribution < -0.4 is 5.43 Å². The second-order valence-corrected chi connectivity index (χ2v) is 6.23. The van der Waals surface area contributed by atoms with E-state index in [1.807, 2.05) is 30.3 Å². The Morgan fingerprint density at radius 2 is 1.77 bits per heavy atom. The highest BCUT2D eigenvalue weighted by molar-refractivity contribution is 6.01. The largest absolute Gasteiger partial charge is 0.273 e. The summed E-state index contributed by atoms with van der Waals surface area (Å²) in [6, 6.07) is 10.1.